The van der Waals surface area contributed by atoms with Crippen molar-refractivity contribution in [2.24, 2.45) is 0 Å². The van der Waals surface area contributed by atoms with Gasteiger partial charge in [0.15, 0.2) is 10.6 Å². The van der Waals surface area contributed by atoms with Crippen LogP contribution in [0.1, 0.15) is 17.0 Å². The number of aromatic nitrogens is 4. The smallest absolute Gasteiger partial charge is 0.226 e. The third-order valence-electron chi connectivity index (χ3n) is 4.38. The Balaban J connectivity index is 1.47. The molecule has 4 aromatic rings. The van der Waals surface area contributed by atoms with Crippen LogP contribution in [0.4, 0.5) is 5.69 Å². The number of thiazole rings is 1. The minimum Gasteiger partial charge on any atom is -0.326 e. The quantitative estimate of drug-likeness (QED) is 0.462. The van der Waals surface area contributed by atoms with E-state index in [1.807, 2.05) is 60.9 Å². The first-order valence-electron chi connectivity index (χ1n) is 8.89. The second kappa shape index (κ2) is 7.65. The van der Waals surface area contributed by atoms with Crippen molar-refractivity contribution in [1.29, 1.82) is 0 Å². The molecule has 4 rings (SSSR count). The average molecular weight is 410 g/mol. The highest BCUT2D eigenvalue weighted by atomic mass is 32.1. The highest BCUT2D eigenvalue weighted by molar-refractivity contribution is 7.71. The van der Waals surface area contributed by atoms with Crippen molar-refractivity contribution >= 4 is 45.4 Å². The molecule has 0 fully saturated rings. The second-order valence-corrected chi connectivity index (χ2v) is 8.21. The van der Waals surface area contributed by atoms with E-state index in [0.29, 0.717) is 17.7 Å². The van der Waals surface area contributed by atoms with Gasteiger partial charge in [-0.15, -0.1) is 11.3 Å². The lowest BCUT2D eigenvalue weighted by atomic mass is 10.1. The number of fused-ring (bicyclic) bond motifs is 1. The molecule has 0 unspecified atom stereocenters. The van der Waals surface area contributed by atoms with Crippen LogP contribution in [0.3, 0.4) is 0 Å². The average Bonchev–Trinajstić information content (AvgIpc) is 3.21. The van der Waals surface area contributed by atoms with Crippen LogP contribution in [0.25, 0.3) is 21.6 Å². The van der Waals surface area contributed by atoms with Crippen LogP contribution >= 0.6 is 23.6 Å². The number of benzene rings is 2. The summed E-state index contributed by atoms with van der Waals surface area (Å²) in [5, 5.41) is 11.1. The van der Waals surface area contributed by atoms with Crippen LogP contribution in [-0.2, 0) is 11.3 Å². The highest BCUT2D eigenvalue weighted by Crippen LogP contribution is 2.25. The zero-order chi connectivity index (χ0) is 19.7. The van der Waals surface area contributed by atoms with Gasteiger partial charge in [-0.2, -0.15) is 5.10 Å². The number of hydrogen-bond donors (Lipinski definition) is 2. The van der Waals surface area contributed by atoms with Gasteiger partial charge in [-0.25, -0.2) is 4.98 Å². The van der Waals surface area contributed by atoms with Gasteiger partial charge in [-0.05, 0) is 50.3 Å². The number of carbonyl (C=O) groups excluding carboxylic acids is 1. The van der Waals surface area contributed by atoms with E-state index in [9.17, 15) is 4.79 Å². The largest absolute Gasteiger partial charge is 0.326 e. The summed E-state index contributed by atoms with van der Waals surface area (Å²) >= 11 is 6.96. The van der Waals surface area contributed by atoms with E-state index in [2.05, 4.69) is 20.5 Å². The minimum atomic E-state index is -0.0705. The van der Waals surface area contributed by atoms with Crippen molar-refractivity contribution in [2.75, 3.05) is 5.32 Å². The molecule has 2 heterocycles. The third-order valence-corrected chi connectivity index (χ3v) is 5.62. The summed E-state index contributed by atoms with van der Waals surface area (Å²) in [6, 6.07) is 13.8. The van der Waals surface area contributed by atoms with Crippen molar-refractivity contribution in [3.8, 4) is 11.4 Å². The molecule has 6 nitrogen and oxygen atoms in total. The number of hydrogen-bond acceptors (Lipinski definition) is 5. The fraction of sp³-hybridized carbons (Fsp3) is 0.200. The molecule has 0 saturated carbocycles. The standard InChI is InChI=1S/C20H19N5OS2/c1-12-4-3-5-14(10-12)19-23-24-20(27)25(19)9-8-18(26)22-15-6-7-16-17(11-15)28-13(2)21-16/h3-7,10-11H,8-9H2,1-2H3,(H,22,26)(H,24,27). The Morgan fingerprint density at radius 1 is 1.25 bits per heavy atom. The van der Waals surface area contributed by atoms with E-state index in [4.69, 9.17) is 12.2 Å². The molecule has 0 bridgehead atoms. The molecular formula is C20H19N5OS2. The number of amides is 1. The van der Waals surface area contributed by atoms with Gasteiger partial charge >= 0.3 is 0 Å². The van der Waals surface area contributed by atoms with Gasteiger partial charge in [-0.3, -0.25) is 14.5 Å². The summed E-state index contributed by atoms with van der Waals surface area (Å²) in [6.07, 6.45) is 0.298. The zero-order valence-electron chi connectivity index (χ0n) is 15.5. The lowest BCUT2D eigenvalue weighted by Gasteiger charge is -2.08. The SMILES string of the molecule is Cc1cccc(-c2n[nH]c(=S)n2CCC(=O)Nc2ccc3nc(C)sc3c2)c1. The van der Waals surface area contributed by atoms with Crippen molar-refractivity contribution in [2.45, 2.75) is 26.8 Å². The van der Waals surface area contributed by atoms with Gasteiger partial charge in [0.25, 0.3) is 0 Å². The lowest BCUT2D eigenvalue weighted by molar-refractivity contribution is -0.116. The Morgan fingerprint density at radius 3 is 2.93 bits per heavy atom. The summed E-state index contributed by atoms with van der Waals surface area (Å²) < 4.78 is 3.43. The molecule has 2 N–H and O–H groups in total. The summed E-state index contributed by atoms with van der Waals surface area (Å²) in [4.78, 5) is 16.9. The van der Waals surface area contributed by atoms with E-state index < -0.39 is 0 Å². The molecular weight excluding hydrogens is 390 g/mol. The predicted molar refractivity (Wildman–Crippen MR) is 115 cm³/mol. The van der Waals surface area contributed by atoms with Gasteiger partial charge in [0.2, 0.25) is 5.91 Å². The predicted octanol–water partition coefficient (Wildman–Crippen LogP) is 4.86. The summed E-state index contributed by atoms with van der Waals surface area (Å²) in [5.41, 5.74) is 3.84. The first kappa shape index (κ1) is 18.5. The molecule has 8 heteroatoms. The Hall–Kier alpha value is -2.84. The van der Waals surface area contributed by atoms with Gasteiger partial charge in [-0.1, -0.05) is 23.8 Å². The van der Waals surface area contributed by atoms with E-state index in [-0.39, 0.29) is 5.91 Å². The second-order valence-electron chi connectivity index (χ2n) is 6.59. The van der Waals surface area contributed by atoms with Gasteiger partial charge < -0.3 is 5.32 Å². The van der Waals surface area contributed by atoms with E-state index in [1.54, 1.807) is 11.3 Å². The molecule has 0 aliphatic rings. The fourth-order valence-electron chi connectivity index (χ4n) is 3.08. The minimum absolute atomic E-state index is 0.0705. The van der Waals surface area contributed by atoms with Crippen molar-refractivity contribution in [3.63, 3.8) is 0 Å². The fourth-order valence-corrected chi connectivity index (χ4v) is 4.17. The lowest BCUT2D eigenvalue weighted by Crippen LogP contribution is -2.15. The molecule has 0 spiro atoms. The summed E-state index contributed by atoms with van der Waals surface area (Å²) in [5.74, 6) is 0.668. The van der Waals surface area contributed by atoms with E-state index in [1.165, 1.54) is 0 Å². The highest BCUT2D eigenvalue weighted by Gasteiger charge is 2.11. The number of aromatic amines is 1. The van der Waals surface area contributed by atoms with Crippen molar-refractivity contribution in [1.82, 2.24) is 19.7 Å². The molecule has 0 saturated heterocycles. The number of carbonyl (C=O) groups is 1. The van der Waals surface area contributed by atoms with E-state index in [0.717, 1.165) is 37.9 Å². The number of H-pyrrole nitrogens is 1. The molecule has 0 radical (unpaired) electrons. The normalized spacial score (nSPS) is 11.1. The van der Waals surface area contributed by atoms with Crippen LogP contribution in [0.5, 0.6) is 0 Å². The summed E-state index contributed by atoms with van der Waals surface area (Å²) in [6.45, 7) is 4.46. The van der Waals surface area contributed by atoms with Gasteiger partial charge in [0.05, 0.1) is 15.2 Å². The molecule has 0 atom stereocenters. The zero-order valence-corrected chi connectivity index (χ0v) is 17.2. The van der Waals surface area contributed by atoms with Crippen molar-refractivity contribution in [3.05, 3.63) is 57.8 Å². The van der Waals surface area contributed by atoms with Crippen LogP contribution in [0.15, 0.2) is 42.5 Å². The van der Waals surface area contributed by atoms with Crippen LogP contribution in [0.2, 0.25) is 0 Å². The van der Waals surface area contributed by atoms with Crippen molar-refractivity contribution < 1.29 is 4.79 Å². The topological polar surface area (TPSA) is 75.6 Å². The number of nitrogens with zero attached hydrogens (tertiary/aromatic N) is 3. The maximum Gasteiger partial charge on any atom is 0.226 e. The van der Waals surface area contributed by atoms with Crippen LogP contribution < -0.4 is 5.32 Å². The van der Waals surface area contributed by atoms with Gasteiger partial charge in [0, 0.05) is 24.2 Å². The number of nitrogens with one attached hydrogen (secondary N) is 2. The molecule has 142 valence electrons. The number of rotatable bonds is 5. The molecule has 0 aliphatic carbocycles. The number of aryl methyl sites for hydroxylation is 2. The Bertz CT molecular complexity index is 1220. The summed E-state index contributed by atoms with van der Waals surface area (Å²) in [7, 11) is 0. The first-order valence-corrected chi connectivity index (χ1v) is 10.1. The molecule has 2 aromatic heterocycles. The van der Waals surface area contributed by atoms with Crippen LogP contribution in [0, 0.1) is 18.6 Å². The maximum absolute atomic E-state index is 12.5. The molecule has 1 amide bonds. The third kappa shape index (κ3) is 3.88. The van der Waals surface area contributed by atoms with Gasteiger partial charge in [0.1, 0.15) is 0 Å². The Labute approximate surface area is 171 Å². The first-order chi connectivity index (χ1) is 13.5. The van der Waals surface area contributed by atoms with E-state index >= 15 is 0 Å². The molecule has 28 heavy (non-hydrogen) atoms. The Morgan fingerprint density at radius 2 is 2.11 bits per heavy atom. The Kier molecular flexibility index (Phi) is 5.06. The maximum atomic E-state index is 12.5. The number of anilines is 1. The monoisotopic (exact) mass is 409 g/mol. The van der Waals surface area contributed by atoms with Crippen LogP contribution in [-0.4, -0.2) is 25.7 Å². The molecule has 0 aliphatic heterocycles. The molecule has 2 aromatic carbocycles.